The first-order valence-corrected chi connectivity index (χ1v) is 5.42. The molecule has 2 rings (SSSR count). The van der Waals surface area contributed by atoms with Gasteiger partial charge in [0.2, 0.25) is 0 Å². The lowest BCUT2D eigenvalue weighted by Gasteiger charge is -2.10. The Morgan fingerprint density at radius 1 is 1.44 bits per heavy atom. The number of fused-ring (bicyclic) bond motifs is 1. The van der Waals surface area contributed by atoms with E-state index >= 15 is 0 Å². The predicted octanol–water partition coefficient (Wildman–Crippen LogP) is 2.29. The molecular weight excluding hydrogens is 200 g/mol. The van der Waals surface area contributed by atoms with Crippen molar-refractivity contribution in [1.29, 1.82) is 0 Å². The zero-order valence-corrected chi connectivity index (χ0v) is 10.1. The largest absolute Gasteiger partial charge is 0.291 e. The van der Waals surface area contributed by atoms with Crippen LogP contribution in [-0.2, 0) is 0 Å². The molecule has 0 aliphatic carbocycles. The fourth-order valence-electron chi connectivity index (χ4n) is 1.65. The summed E-state index contributed by atoms with van der Waals surface area (Å²) in [5.74, 6) is 0.411. The van der Waals surface area contributed by atoms with Gasteiger partial charge in [0, 0.05) is 18.8 Å². The monoisotopic (exact) mass is 216 g/mol. The van der Waals surface area contributed by atoms with Gasteiger partial charge in [0.05, 0.1) is 17.6 Å². The van der Waals surface area contributed by atoms with E-state index in [1.807, 2.05) is 17.5 Å². The molecule has 0 saturated heterocycles. The van der Waals surface area contributed by atoms with Crippen molar-refractivity contribution in [2.45, 2.75) is 26.7 Å². The molecule has 0 bridgehead atoms. The molecule has 0 aliphatic heterocycles. The van der Waals surface area contributed by atoms with E-state index in [9.17, 15) is 0 Å². The Balaban J connectivity index is 2.71. The molecule has 2 aromatic heterocycles. The molecular formula is C12H16N4. The summed E-state index contributed by atoms with van der Waals surface area (Å²) in [6.45, 7) is 6.27. The highest BCUT2D eigenvalue weighted by molar-refractivity contribution is 5.97. The molecule has 16 heavy (non-hydrogen) atoms. The van der Waals surface area contributed by atoms with Crippen LogP contribution in [0.2, 0.25) is 0 Å². The lowest BCUT2D eigenvalue weighted by molar-refractivity contribution is 0.748. The lowest BCUT2D eigenvalue weighted by Crippen LogP contribution is -2.07. The molecule has 0 atom stereocenters. The van der Waals surface area contributed by atoms with E-state index in [1.54, 1.807) is 13.2 Å². The molecule has 0 N–H and O–H groups in total. The molecule has 2 heterocycles. The molecule has 0 unspecified atom stereocenters. The van der Waals surface area contributed by atoms with E-state index in [0.29, 0.717) is 5.92 Å². The minimum absolute atomic E-state index is 0.411. The van der Waals surface area contributed by atoms with E-state index in [4.69, 9.17) is 0 Å². The van der Waals surface area contributed by atoms with Crippen LogP contribution in [0.4, 0.5) is 0 Å². The van der Waals surface area contributed by atoms with Gasteiger partial charge in [0.1, 0.15) is 0 Å². The second-order valence-corrected chi connectivity index (χ2v) is 4.13. The average molecular weight is 216 g/mol. The summed E-state index contributed by atoms with van der Waals surface area (Å²) in [4.78, 5) is 8.69. The van der Waals surface area contributed by atoms with Crippen LogP contribution in [0.1, 0.15) is 38.1 Å². The van der Waals surface area contributed by atoms with E-state index in [0.717, 1.165) is 22.7 Å². The number of hydrogen-bond acceptors (Lipinski definition) is 3. The topological polar surface area (TPSA) is 42.5 Å². The molecule has 0 saturated carbocycles. The van der Waals surface area contributed by atoms with Crippen molar-refractivity contribution in [2.24, 2.45) is 4.99 Å². The number of hydrogen-bond donors (Lipinski definition) is 0. The molecule has 4 heteroatoms. The standard InChI is InChI=1S/C12H16N4/c1-8(2)11-7-10(9(3)13-4)15-12-5-6-14-16(11)12/h5-8H,1-4H3. The number of nitrogens with zero attached hydrogens (tertiary/aromatic N) is 4. The normalized spacial score (nSPS) is 12.7. The Morgan fingerprint density at radius 3 is 2.81 bits per heavy atom. The highest BCUT2D eigenvalue weighted by Crippen LogP contribution is 2.16. The minimum atomic E-state index is 0.411. The van der Waals surface area contributed by atoms with E-state index in [2.05, 4.69) is 35.0 Å². The molecule has 0 aliphatic rings. The summed E-state index contributed by atoms with van der Waals surface area (Å²) in [7, 11) is 1.78. The van der Waals surface area contributed by atoms with Crippen LogP contribution in [0.5, 0.6) is 0 Å². The van der Waals surface area contributed by atoms with Crippen molar-refractivity contribution in [3.05, 3.63) is 29.7 Å². The van der Waals surface area contributed by atoms with Gasteiger partial charge in [0.15, 0.2) is 5.65 Å². The first-order chi connectivity index (χ1) is 7.63. The Bertz CT molecular complexity index is 537. The SMILES string of the molecule is CN=C(C)c1cc(C(C)C)n2nccc2n1. The second kappa shape index (κ2) is 4.04. The molecule has 0 spiro atoms. The maximum atomic E-state index is 4.52. The van der Waals surface area contributed by atoms with Crippen LogP contribution in [0.15, 0.2) is 23.3 Å². The molecule has 2 aromatic rings. The average Bonchev–Trinajstić information content (AvgIpc) is 2.74. The third-order valence-electron chi connectivity index (χ3n) is 2.68. The van der Waals surface area contributed by atoms with Gasteiger partial charge < -0.3 is 0 Å². The number of aliphatic imine (C=N–C) groups is 1. The van der Waals surface area contributed by atoms with Gasteiger partial charge in [-0.3, -0.25) is 4.99 Å². The fraction of sp³-hybridized carbons (Fsp3) is 0.417. The third kappa shape index (κ3) is 1.71. The molecule has 4 nitrogen and oxygen atoms in total. The predicted molar refractivity (Wildman–Crippen MR) is 65.2 cm³/mol. The Kier molecular flexibility index (Phi) is 2.73. The molecule has 0 radical (unpaired) electrons. The van der Waals surface area contributed by atoms with Crippen LogP contribution in [0.25, 0.3) is 5.65 Å². The molecule has 84 valence electrons. The van der Waals surface area contributed by atoms with E-state index in [-0.39, 0.29) is 0 Å². The van der Waals surface area contributed by atoms with Gasteiger partial charge >= 0.3 is 0 Å². The Hall–Kier alpha value is -1.71. The highest BCUT2D eigenvalue weighted by Gasteiger charge is 2.10. The van der Waals surface area contributed by atoms with Gasteiger partial charge in [-0.1, -0.05) is 13.8 Å². The maximum absolute atomic E-state index is 4.52. The summed E-state index contributed by atoms with van der Waals surface area (Å²) >= 11 is 0. The zero-order valence-electron chi connectivity index (χ0n) is 10.1. The third-order valence-corrected chi connectivity index (χ3v) is 2.68. The summed E-state index contributed by atoms with van der Waals surface area (Å²) in [5, 5.41) is 4.28. The van der Waals surface area contributed by atoms with Crippen LogP contribution in [-0.4, -0.2) is 27.4 Å². The van der Waals surface area contributed by atoms with Crippen molar-refractivity contribution in [3.63, 3.8) is 0 Å². The first-order valence-electron chi connectivity index (χ1n) is 5.42. The fourth-order valence-corrected chi connectivity index (χ4v) is 1.65. The smallest absolute Gasteiger partial charge is 0.155 e. The molecule has 0 amide bonds. The van der Waals surface area contributed by atoms with Crippen molar-refractivity contribution < 1.29 is 0 Å². The Morgan fingerprint density at radius 2 is 2.19 bits per heavy atom. The summed E-state index contributed by atoms with van der Waals surface area (Å²) in [6, 6.07) is 3.98. The van der Waals surface area contributed by atoms with Gasteiger partial charge in [-0.2, -0.15) is 5.10 Å². The summed E-state index contributed by atoms with van der Waals surface area (Å²) < 4.78 is 1.89. The Labute approximate surface area is 95.0 Å². The van der Waals surface area contributed by atoms with Crippen LogP contribution in [0, 0.1) is 0 Å². The van der Waals surface area contributed by atoms with Gasteiger partial charge in [0.25, 0.3) is 0 Å². The molecule has 0 aromatic carbocycles. The van der Waals surface area contributed by atoms with Crippen molar-refractivity contribution in [1.82, 2.24) is 14.6 Å². The minimum Gasteiger partial charge on any atom is -0.291 e. The summed E-state index contributed by atoms with van der Waals surface area (Å²) in [5.41, 5.74) is 3.92. The van der Waals surface area contributed by atoms with Crippen LogP contribution in [0.3, 0.4) is 0 Å². The quantitative estimate of drug-likeness (QED) is 0.723. The van der Waals surface area contributed by atoms with Crippen LogP contribution >= 0.6 is 0 Å². The van der Waals surface area contributed by atoms with Gasteiger partial charge in [-0.15, -0.1) is 0 Å². The van der Waals surface area contributed by atoms with E-state index < -0.39 is 0 Å². The van der Waals surface area contributed by atoms with Crippen molar-refractivity contribution in [2.75, 3.05) is 7.05 Å². The second-order valence-electron chi connectivity index (χ2n) is 4.13. The van der Waals surface area contributed by atoms with Crippen LogP contribution < -0.4 is 0 Å². The highest BCUT2D eigenvalue weighted by atomic mass is 15.2. The number of rotatable bonds is 2. The summed E-state index contributed by atoms with van der Waals surface area (Å²) in [6.07, 6.45) is 1.77. The first kappa shape index (κ1) is 10.8. The van der Waals surface area contributed by atoms with Crippen molar-refractivity contribution in [3.8, 4) is 0 Å². The van der Waals surface area contributed by atoms with E-state index in [1.165, 1.54) is 0 Å². The van der Waals surface area contributed by atoms with Gasteiger partial charge in [-0.05, 0) is 18.9 Å². The van der Waals surface area contributed by atoms with Crippen molar-refractivity contribution >= 4 is 11.4 Å². The van der Waals surface area contributed by atoms with Gasteiger partial charge in [-0.25, -0.2) is 9.50 Å². The zero-order chi connectivity index (χ0) is 11.7. The number of aromatic nitrogens is 3. The maximum Gasteiger partial charge on any atom is 0.155 e. The molecule has 0 fully saturated rings. The lowest BCUT2D eigenvalue weighted by atomic mass is 10.1.